The number of amides is 2. The Labute approximate surface area is 236 Å². The number of carboxylic acids is 1. The molecule has 1 aliphatic heterocycles. The Kier molecular flexibility index (Phi) is 8.77. The van der Waals surface area contributed by atoms with E-state index in [1.165, 1.54) is 11.1 Å². The zero-order chi connectivity index (χ0) is 29.9. The first kappa shape index (κ1) is 29.7. The summed E-state index contributed by atoms with van der Waals surface area (Å²) in [5.41, 5.74) is 0.475. The lowest BCUT2D eigenvalue weighted by Crippen LogP contribution is -2.37. The maximum absolute atomic E-state index is 13.8. The number of rotatable bonds is 9. The summed E-state index contributed by atoms with van der Waals surface area (Å²) >= 11 is 0. The molecule has 3 N–H and O–H groups in total. The Bertz CT molecular complexity index is 1510. The molecule has 2 amide bonds. The third kappa shape index (κ3) is 6.40. The van der Waals surface area contributed by atoms with E-state index in [2.05, 4.69) is 29.0 Å². The second kappa shape index (κ2) is 12.1. The van der Waals surface area contributed by atoms with Crippen LogP contribution in [0, 0.1) is 11.6 Å². The molecular formula is C30H34F2N4O5. The summed E-state index contributed by atoms with van der Waals surface area (Å²) in [6, 6.07) is 7.79. The van der Waals surface area contributed by atoms with Crippen LogP contribution in [0.3, 0.4) is 0 Å². The van der Waals surface area contributed by atoms with E-state index in [-0.39, 0.29) is 23.4 Å². The number of fused-ring (bicyclic) bond motifs is 3. The minimum absolute atomic E-state index is 0.0652. The Morgan fingerprint density at radius 3 is 2.49 bits per heavy atom. The molecule has 0 atom stereocenters. The van der Waals surface area contributed by atoms with E-state index < -0.39 is 35.0 Å². The van der Waals surface area contributed by atoms with Crippen LogP contribution in [0.2, 0.25) is 0 Å². The zero-order valence-corrected chi connectivity index (χ0v) is 23.5. The number of aromatic amines is 1. The van der Waals surface area contributed by atoms with Gasteiger partial charge in [-0.2, -0.15) is 0 Å². The number of aromatic nitrogens is 1. The molecule has 11 heteroatoms. The van der Waals surface area contributed by atoms with Crippen LogP contribution in [0.1, 0.15) is 55.7 Å². The van der Waals surface area contributed by atoms with Crippen LogP contribution in [0.4, 0.5) is 13.6 Å². The van der Waals surface area contributed by atoms with Crippen molar-refractivity contribution >= 4 is 34.4 Å². The third-order valence-corrected chi connectivity index (χ3v) is 7.25. The number of carbonyl (C=O) groups is 3. The highest BCUT2D eigenvalue weighted by Crippen LogP contribution is 2.41. The molecule has 0 saturated heterocycles. The van der Waals surface area contributed by atoms with E-state index in [0.29, 0.717) is 28.7 Å². The molecule has 9 nitrogen and oxygen atoms in total. The number of hydrogen-bond acceptors (Lipinski definition) is 5. The minimum Gasteiger partial charge on any atom is -0.478 e. The van der Waals surface area contributed by atoms with Crippen LogP contribution < -0.4 is 10.1 Å². The zero-order valence-electron chi connectivity index (χ0n) is 23.5. The van der Waals surface area contributed by atoms with Gasteiger partial charge in [-0.25, -0.2) is 18.4 Å². The molecule has 0 radical (unpaired) electrons. The standard InChI is InChI=1S/C30H34F2N4O5/c1-5-35(6-2)13-7-12-33-29(40)41-19-9-10-20-24(15-19)34-26-21(28(38)39)16-36(17-30(3,4)25(20)26)27(37)18-8-11-22(31)23(32)14-18/h8-11,14-16,34H,5-7,12-13,17H2,1-4H3,(H,33,40)(H,38,39). The first-order valence-corrected chi connectivity index (χ1v) is 13.5. The number of hydrogen-bond donors (Lipinski definition) is 3. The summed E-state index contributed by atoms with van der Waals surface area (Å²) in [6.45, 7) is 11.2. The Balaban J connectivity index is 1.60. The number of halogens is 2. The highest BCUT2D eigenvalue weighted by molar-refractivity contribution is 6.17. The number of aliphatic carboxylic acids is 1. The van der Waals surface area contributed by atoms with Crippen molar-refractivity contribution in [3.8, 4) is 5.75 Å². The molecular weight excluding hydrogens is 534 g/mol. The van der Waals surface area contributed by atoms with Gasteiger partial charge in [0, 0.05) is 47.2 Å². The summed E-state index contributed by atoms with van der Waals surface area (Å²) in [5.74, 6) is -3.92. The molecule has 0 saturated carbocycles. The summed E-state index contributed by atoms with van der Waals surface area (Å²) in [7, 11) is 0. The van der Waals surface area contributed by atoms with Gasteiger partial charge in [0.1, 0.15) is 5.75 Å². The number of benzene rings is 2. The van der Waals surface area contributed by atoms with E-state index in [1.54, 1.807) is 18.2 Å². The first-order valence-electron chi connectivity index (χ1n) is 13.5. The van der Waals surface area contributed by atoms with Crippen molar-refractivity contribution in [1.82, 2.24) is 20.1 Å². The Morgan fingerprint density at radius 2 is 1.83 bits per heavy atom. The Hall–Kier alpha value is -4.25. The van der Waals surface area contributed by atoms with Gasteiger partial charge in [-0.3, -0.25) is 4.79 Å². The maximum Gasteiger partial charge on any atom is 0.412 e. The van der Waals surface area contributed by atoms with Crippen LogP contribution in [0.15, 0.2) is 42.6 Å². The van der Waals surface area contributed by atoms with Crippen LogP contribution in [-0.4, -0.2) is 70.6 Å². The number of carboxylic acid groups (broad SMARTS) is 1. The van der Waals surface area contributed by atoms with E-state index in [1.807, 2.05) is 13.8 Å². The average Bonchev–Trinajstić information content (AvgIpc) is 3.26. The largest absolute Gasteiger partial charge is 0.478 e. The van der Waals surface area contributed by atoms with Gasteiger partial charge in [0.05, 0.1) is 11.3 Å². The van der Waals surface area contributed by atoms with Gasteiger partial charge in [0.15, 0.2) is 11.6 Å². The number of ether oxygens (including phenoxy) is 1. The number of carbonyl (C=O) groups excluding carboxylic acids is 2. The highest BCUT2D eigenvalue weighted by atomic mass is 19.2. The SMILES string of the molecule is CCN(CC)CCCNC(=O)Oc1ccc2c3c([nH]c2c1)C(C(=O)O)=CN(C(=O)c1ccc(F)c(F)c1)CC3(C)C. The molecule has 0 aliphatic carbocycles. The molecule has 218 valence electrons. The van der Waals surface area contributed by atoms with Gasteiger partial charge in [-0.05, 0) is 62.0 Å². The van der Waals surface area contributed by atoms with Gasteiger partial charge in [-0.15, -0.1) is 0 Å². The molecule has 0 spiro atoms. The molecule has 2 heterocycles. The van der Waals surface area contributed by atoms with Crippen molar-refractivity contribution in [2.75, 3.05) is 32.7 Å². The quantitative estimate of drug-likeness (QED) is 0.309. The van der Waals surface area contributed by atoms with Crippen LogP contribution >= 0.6 is 0 Å². The fraction of sp³-hybridized carbons (Fsp3) is 0.367. The summed E-state index contributed by atoms with van der Waals surface area (Å²) in [6.07, 6.45) is 1.40. The van der Waals surface area contributed by atoms with Crippen molar-refractivity contribution in [1.29, 1.82) is 0 Å². The summed E-state index contributed by atoms with van der Waals surface area (Å²) in [5, 5.41) is 13.5. The Morgan fingerprint density at radius 1 is 1.10 bits per heavy atom. The van der Waals surface area contributed by atoms with E-state index in [9.17, 15) is 28.3 Å². The molecule has 0 unspecified atom stereocenters. The molecule has 4 rings (SSSR count). The van der Waals surface area contributed by atoms with Crippen molar-refractivity contribution in [2.24, 2.45) is 0 Å². The van der Waals surface area contributed by atoms with Crippen molar-refractivity contribution < 1.29 is 33.0 Å². The van der Waals surface area contributed by atoms with E-state index in [0.717, 1.165) is 44.3 Å². The molecule has 1 aliphatic rings. The van der Waals surface area contributed by atoms with Gasteiger partial charge in [-0.1, -0.05) is 27.7 Å². The normalized spacial score (nSPS) is 14.4. The van der Waals surface area contributed by atoms with Gasteiger partial charge in [0.25, 0.3) is 5.91 Å². The van der Waals surface area contributed by atoms with Crippen LogP contribution in [0.5, 0.6) is 5.75 Å². The fourth-order valence-corrected chi connectivity index (χ4v) is 5.18. The predicted molar refractivity (Wildman–Crippen MR) is 151 cm³/mol. The second-order valence-electron chi connectivity index (χ2n) is 10.6. The molecule has 0 fully saturated rings. The molecule has 1 aromatic heterocycles. The van der Waals surface area contributed by atoms with E-state index in [4.69, 9.17) is 4.74 Å². The topological polar surface area (TPSA) is 115 Å². The summed E-state index contributed by atoms with van der Waals surface area (Å²) in [4.78, 5) is 44.6. The molecule has 0 bridgehead atoms. The first-order chi connectivity index (χ1) is 19.4. The maximum atomic E-state index is 13.8. The van der Waals surface area contributed by atoms with Crippen molar-refractivity contribution in [2.45, 2.75) is 39.5 Å². The lowest BCUT2D eigenvalue weighted by Gasteiger charge is -2.29. The van der Waals surface area contributed by atoms with Gasteiger partial charge in [0.2, 0.25) is 0 Å². The smallest absolute Gasteiger partial charge is 0.412 e. The van der Waals surface area contributed by atoms with Gasteiger partial charge >= 0.3 is 12.1 Å². The van der Waals surface area contributed by atoms with Crippen LogP contribution in [0.25, 0.3) is 16.5 Å². The molecule has 41 heavy (non-hydrogen) atoms. The molecule has 3 aromatic rings. The summed E-state index contributed by atoms with van der Waals surface area (Å²) < 4.78 is 32.7. The third-order valence-electron chi connectivity index (χ3n) is 7.25. The molecule has 2 aromatic carbocycles. The predicted octanol–water partition coefficient (Wildman–Crippen LogP) is 5.13. The fourth-order valence-electron chi connectivity index (χ4n) is 5.18. The van der Waals surface area contributed by atoms with E-state index >= 15 is 0 Å². The van der Waals surface area contributed by atoms with Gasteiger partial charge < -0.3 is 29.9 Å². The number of H-pyrrole nitrogens is 1. The number of nitrogens with zero attached hydrogens (tertiary/aromatic N) is 2. The van der Waals surface area contributed by atoms with Crippen LogP contribution in [-0.2, 0) is 10.2 Å². The van der Waals surface area contributed by atoms with Crippen molar-refractivity contribution in [3.05, 3.63) is 71.1 Å². The second-order valence-corrected chi connectivity index (χ2v) is 10.6. The monoisotopic (exact) mass is 568 g/mol. The highest BCUT2D eigenvalue weighted by Gasteiger charge is 2.37. The number of nitrogens with one attached hydrogen (secondary N) is 2. The lowest BCUT2D eigenvalue weighted by atomic mass is 9.81. The van der Waals surface area contributed by atoms with Crippen molar-refractivity contribution in [3.63, 3.8) is 0 Å². The minimum atomic E-state index is -1.28. The average molecular weight is 569 g/mol. The lowest BCUT2D eigenvalue weighted by molar-refractivity contribution is -0.130.